The molecule has 0 saturated carbocycles. The van der Waals surface area contributed by atoms with Gasteiger partial charge in [-0.3, -0.25) is 9.97 Å². The van der Waals surface area contributed by atoms with Gasteiger partial charge in [-0.2, -0.15) is 0 Å². The van der Waals surface area contributed by atoms with E-state index in [4.69, 9.17) is 5.11 Å². The van der Waals surface area contributed by atoms with Gasteiger partial charge in [0.1, 0.15) is 0 Å². The minimum absolute atomic E-state index is 0.122. The van der Waals surface area contributed by atoms with E-state index in [1.54, 1.807) is 0 Å². The summed E-state index contributed by atoms with van der Waals surface area (Å²) in [5.41, 5.74) is 3.01. The molecule has 0 aliphatic carbocycles. The maximum absolute atomic E-state index is 7.00. The summed E-state index contributed by atoms with van der Waals surface area (Å²) in [5, 5.41) is 7.00. The van der Waals surface area contributed by atoms with Gasteiger partial charge >= 0.3 is 0 Å². The maximum Gasteiger partial charge on any atom is 0.0319 e. The van der Waals surface area contributed by atoms with Crippen LogP contribution in [0, 0.1) is 0 Å². The molecular weight excluding hydrogens is 272 g/mol. The van der Waals surface area contributed by atoms with E-state index in [0.717, 1.165) is 20.0 Å². The molecule has 2 rings (SSSR count). The van der Waals surface area contributed by atoms with Crippen LogP contribution in [0.25, 0.3) is 0 Å². The number of aromatic nitrogens is 2. The number of aliphatic hydroxyl groups excluding tert-OH is 1. The van der Waals surface area contributed by atoms with Gasteiger partial charge in [0, 0.05) is 31.9 Å². The van der Waals surface area contributed by atoms with E-state index in [9.17, 15) is 0 Å². The lowest BCUT2D eigenvalue weighted by Crippen LogP contribution is -2.31. The minimum Gasteiger partial charge on any atom is -0.400 e. The van der Waals surface area contributed by atoms with Gasteiger partial charge in [0.15, 0.2) is 0 Å². The third-order valence-corrected chi connectivity index (χ3v) is 4.45. The van der Waals surface area contributed by atoms with E-state index in [2.05, 4.69) is 61.9 Å². The zero-order valence-corrected chi connectivity index (χ0v) is 14.4. The molecule has 1 N–H and O–H groups in total. The quantitative estimate of drug-likeness (QED) is 0.903. The molecule has 3 nitrogen and oxygen atoms in total. The van der Waals surface area contributed by atoms with E-state index >= 15 is 0 Å². The number of pyridine rings is 2. The zero-order chi connectivity index (χ0) is 16.6. The summed E-state index contributed by atoms with van der Waals surface area (Å²) in [4.78, 5) is 8.26. The van der Waals surface area contributed by atoms with Crippen LogP contribution in [0.3, 0.4) is 0 Å². The second-order valence-corrected chi connectivity index (χ2v) is 6.45. The average Bonchev–Trinajstić information content (AvgIpc) is 2.58. The summed E-state index contributed by atoms with van der Waals surface area (Å²) < 4.78 is 0. The number of hydrogen-bond donors (Lipinski definition) is 1. The lowest BCUT2D eigenvalue weighted by atomic mass is 9.67. The molecule has 0 bridgehead atoms. The zero-order valence-electron chi connectivity index (χ0n) is 14.4. The highest BCUT2D eigenvalue weighted by Gasteiger charge is 2.33. The molecule has 2 aromatic heterocycles. The summed E-state index contributed by atoms with van der Waals surface area (Å²) in [6.45, 7) is 9.25. The summed E-state index contributed by atoms with van der Waals surface area (Å²) in [5.74, 6) is 0. The van der Waals surface area contributed by atoms with Crippen LogP contribution in [0.15, 0.2) is 49.1 Å². The van der Waals surface area contributed by atoms with Crippen molar-refractivity contribution >= 4 is 0 Å². The SMILES string of the molecule is CCC(C)(CC(C)(C)c1ccncc1)c1ccncc1.CO. The van der Waals surface area contributed by atoms with Crippen molar-refractivity contribution in [2.45, 2.75) is 51.4 Å². The van der Waals surface area contributed by atoms with Crippen molar-refractivity contribution in [2.24, 2.45) is 0 Å². The molecule has 0 saturated heterocycles. The molecule has 0 aliphatic rings. The van der Waals surface area contributed by atoms with Gasteiger partial charge in [-0.25, -0.2) is 0 Å². The Morgan fingerprint density at radius 2 is 1.23 bits per heavy atom. The van der Waals surface area contributed by atoms with E-state index in [1.807, 2.05) is 24.8 Å². The fourth-order valence-corrected chi connectivity index (χ4v) is 3.07. The monoisotopic (exact) mass is 300 g/mol. The van der Waals surface area contributed by atoms with Gasteiger partial charge in [-0.1, -0.05) is 27.7 Å². The van der Waals surface area contributed by atoms with Crippen molar-refractivity contribution in [1.29, 1.82) is 0 Å². The molecule has 0 radical (unpaired) electrons. The highest BCUT2D eigenvalue weighted by atomic mass is 16.2. The van der Waals surface area contributed by atoms with E-state index in [-0.39, 0.29) is 10.8 Å². The molecule has 1 atom stereocenters. The molecule has 1 unspecified atom stereocenters. The highest BCUT2D eigenvalue weighted by molar-refractivity contribution is 5.27. The Bertz CT molecular complexity index is 540. The van der Waals surface area contributed by atoms with E-state index in [0.29, 0.717) is 0 Å². The van der Waals surface area contributed by atoms with Crippen LogP contribution in [0.1, 0.15) is 51.7 Å². The lowest BCUT2D eigenvalue weighted by molar-refractivity contribution is 0.316. The van der Waals surface area contributed by atoms with Gasteiger partial charge in [0.25, 0.3) is 0 Å². The summed E-state index contributed by atoms with van der Waals surface area (Å²) in [6, 6.07) is 8.55. The van der Waals surface area contributed by atoms with Crippen molar-refractivity contribution in [3.05, 3.63) is 60.2 Å². The van der Waals surface area contributed by atoms with Crippen LogP contribution in [0.5, 0.6) is 0 Å². The number of nitrogens with zero attached hydrogens (tertiary/aromatic N) is 2. The first-order valence-corrected chi connectivity index (χ1v) is 7.74. The normalized spacial score (nSPS) is 13.7. The number of aliphatic hydroxyl groups is 1. The van der Waals surface area contributed by atoms with Crippen molar-refractivity contribution in [2.75, 3.05) is 7.11 Å². The second-order valence-electron chi connectivity index (χ2n) is 6.45. The smallest absolute Gasteiger partial charge is 0.0319 e. The molecule has 120 valence electrons. The fourth-order valence-electron chi connectivity index (χ4n) is 3.07. The Morgan fingerprint density at radius 1 is 0.818 bits per heavy atom. The minimum atomic E-state index is 0.122. The first kappa shape index (κ1) is 18.3. The Morgan fingerprint density at radius 3 is 1.64 bits per heavy atom. The van der Waals surface area contributed by atoms with Crippen LogP contribution < -0.4 is 0 Å². The lowest BCUT2D eigenvalue weighted by Gasteiger charge is -2.38. The fraction of sp³-hybridized carbons (Fsp3) is 0.474. The maximum atomic E-state index is 7.00. The van der Waals surface area contributed by atoms with Crippen molar-refractivity contribution in [1.82, 2.24) is 9.97 Å². The highest BCUT2D eigenvalue weighted by Crippen LogP contribution is 2.40. The Hall–Kier alpha value is -1.74. The van der Waals surface area contributed by atoms with E-state index < -0.39 is 0 Å². The topological polar surface area (TPSA) is 46.0 Å². The van der Waals surface area contributed by atoms with Gasteiger partial charge in [0.05, 0.1) is 0 Å². The standard InChI is InChI=1S/C18H24N2.CH4O/c1-5-18(4,16-8-12-20-13-9-16)14-17(2,3)15-6-10-19-11-7-15;1-2/h6-13H,5,14H2,1-4H3;2H,1H3. The third kappa shape index (κ3) is 4.38. The van der Waals surface area contributed by atoms with Crippen molar-refractivity contribution in [3.8, 4) is 0 Å². The molecule has 2 aromatic rings. The van der Waals surface area contributed by atoms with Crippen LogP contribution in [-0.2, 0) is 10.8 Å². The summed E-state index contributed by atoms with van der Waals surface area (Å²) in [7, 11) is 1.00. The van der Waals surface area contributed by atoms with Gasteiger partial charge in [-0.15, -0.1) is 0 Å². The Balaban J connectivity index is 0.00000116. The van der Waals surface area contributed by atoms with Crippen LogP contribution in [0.4, 0.5) is 0 Å². The predicted molar refractivity (Wildman–Crippen MR) is 91.9 cm³/mol. The van der Waals surface area contributed by atoms with Crippen LogP contribution in [0.2, 0.25) is 0 Å². The Labute approximate surface area is 134 Å². The second kappa shape index (κ2) is 8.04. The van der Waals surface area contributed by atoms with Gasteiger partial charge in [-0.05, 0) is 59.1 Å². The molecule has 22 heavy (non-hydrogen) atoms. The van der Waals surface area contributed by atoms with Gasteiger partial charge < -0.3 is 5.11 Å². The van der Waals surface area contributed by atoms with Crippen LogP contribution in [-0.4, -0.2) is 22.2 Å². The first-order chi connectivity index (χ1) is 10.5. The first-order valence-electron chi connectivity index (χ1n) is 7.74. The van der Waals surface area contributed by atoms with Crippen LogP contribution >= 0.6 is 0 Å². The summed E-state index contributed by atoms with van der Waals surface area (Å²) in [6.07, 6.45) is 9.76. The molecule has 0 aliphatic heterocycles. The number of rotatable bonds is 5. The molecule has 3 heteroatoms. The molecule has 0 amide bonds. The molecule has 0 fully saturated rings. The largest absolute Gasteiger partial charge is 0.400 e. The average molecular weight is 300 g/mol. The summed E-state index contributed by atoms with van der Waals surface area (Å²) >= 11 is 0. The van der Waals surface area contributed by atoms with Crippen molar-refractivity contribution in [3.63, 3.8) is 0 Å². The molecular formula is C19H28N2O. The van der Waals surface area contributed by atoms with Gasteiger partial charge in [0.2, 0.25) is 0 Å². The number of hydrogen-bond acceptors (Lipinski definition) is 3. The predicted octanol–water partition coefficient (Wildman–Crippen LogP) is 4.12. The molecule has 0 spiro atoms. The molecule has 0 aromatic carbocycles. The molecule has 2 heterocycles. The Kier molecular flexibility index (Phi) is 6.69. The van der Waals surface area contributed by atoms with E-state index in [1.165, 1.54) is 11.1 Å². The third-order valence-electron chi connectivity index (χ3n) is 4.45. The van der Waals surface area contributed by atoms with Crippen molar-refractivity contribution < 1.29 is 5.11 Å².